The molecule has 0 saturated heterocycles. The minimum Gasteiger partial charge on any atom is -0.330 e. The van der Waals surface area contributed by atoms with E-state index in [4.69, 9.17) is 5.73 Å². The quantitative estimate of drug-likeness (QED) is 0.468. The summed E-state index contributed by atoms with van der Waals surface area (Å²) in [5, 5.41) is 3.51. The molecule has 0 aliphatic rings. The minimum atomic E-state index is 0.145. The predicted molar refractivity (Wildman–Crippen MR) is 59.7 cm³/mol. The van der Waals surface area contributed by atoms with Gasteiger partial charge in [0.2, 0.25) is 0 Å². The fourth-order valence-electron chi connectivity index (χ4n) is 1.62. The van der Waals surface area contributed by atoms with E-state index in [1.807, 2.05) is 6.08 Å². The summed E-state index contributed by atoms with van der Waals surface area (Å²) in [5.74, 6) is 0.533. The molecule has 0 saturated carbocycles. The third-order valence-corrected chi connectivity index (χ3v) is 2.61. The van der Waals surface area contributed by atoms with Gasteiger partial charge in [0.15, 0.2) is 0 Å². The van der Waals surface area contributed by atoms with Crippen LogP contribution in [0.25, 0.3) is 0 Å². The summed E-state index contributed by atoms with van der Waals surface area (Å²) in [6.07, 6.45) is 4.21. The maximum atomic E-state index is 5.44. The predicted octanol–water partition coefficient (Wildman–Crippen LogP) is 1.92. The first kappa shape index (κ1) is 12.7. The van der Waals surface area contributed by atoms with Crippen LogP contribution in [0.2, 0.25) is 0 Å². The first-order valence-corrected chi connectivity index (χ1v) is 5.16. The van der Waals surface area contributed by atoms with Gasteiger partial charge in [0.25, 0.3) is 0 Å². The van der Waals surface area contributed by atoms with Crippen molar-refractivity contribution in [1.29, 1.82) is 0 Å². The molecule has 1 atom stereocenters. The highest BCUT2D eigenvalue weighted by Crippen LogP contribution is 2.20. The van der Waals surface area contributed by atoms with E-state index in [9.17, 15) is 0 Å². The molecule has 1 unspecified atom stereocenters. The topological polar surface area (TPSA) is 38.0 Å². The summed E-state index contributed by atoms with van der Waals surface area (Å²) in [6, 6.07) is 0. The normalized spacial score (nSPS) is 14.2. The molecule has 2 heteroatoms. The third-order valence-electron chi connectivity index (χ3n) is 2.61. The summed E-state index contributed by atoms with van der Waals surface area (Å²) in [5.41, 5.74) is 5.58. The van der Waals surface area contributed by atoms with Crippen molar-refractivity contribution in [3.63, 3.8) is 0 Å². The summed E-state index contributed by atoms with van der Waals surface area (Å²) in [4.78, 5) is 0. The fraction of sp³-hybridized carbons (Fsp3) is 0.818. The standard InChI is InChI=1S/C11H24N2/c1-5-10(6-2)11(3,4)13-9-7-8-12/h5,10,13H,1,6-9,12H2,2-4H3. The van der Waals surface area contributed by atoms with Crippen molar-refractivity contribution in [2.75, 3.05) is 13.1 Å². The van der Waals surface area contributed by atoms with Gasteiger partial charge in [0.1, 0.15) is 0 Å². The van der Waals surface area contributed by atoms with Crippen LogP contribution >= 0.6 is 0 Å². The Morgan fingerprint density at radius 3 is 2.54 bits per heavy atom. The summed E-state index contributed by atoms with van der Waals surface area (Å²) in [6.45, 7) is 12.2. The van der Waals surface area contributed by atoms with Crippen LogP contribution in [0, 0.1) is 5.92 Å². The maximum Gasteiger partial charge on any atom is 0.0187 e. The first-order chi connectivity index (χ1) is 6.08. The largest absolute Gasteiger partial charge is 0.330 e. The lowest BCUT2D eigenvalue weighted by molar-refractivity contribution is 0.290. The molecule has 3 N–H and O–H groups in total. The van der Waals surface area contributed by atoms with Crippen LogP contribution in [0.1, 0.15) is 33.6 Å². The molecule has 0 aliphatic heterocycles. The third kappa shape index (κ3) is 4.44. The second-order valence-electron chi connectivity index (χ2n) is 4.04. The highest BCUT2D eigenvalue weighted by molar-refractivity contribution is 4.94. The zero-order valence-electron chi connectivity index (χ0n) is 9.27. The number of hydrogen-bond donors (Lipinski definition) is 2. The average molecular weight is 184 g/mol. The average Bonchev–Trinajstić information content (AvgIpc) is 2.06. The number of nitrogens with two attached hydrogens (primary N) is 1. The Morgan fingerprint density at radius 1 is 1.54 bits per heavy atom. The zero-order chi connectivity index (χ0) is 10.3. The van der Waals surface area contributed by atoms with Crippen molar-refractivity contribution in [2.45, 2.75) is 39.2 Å². The van der Waals surface area contributed by atoms with Gasteiger partial charge in [-0.05, 0) is 45.7 Å². The molecule has 0 aromatic rings. The maximum absolute atomic E-state index is 5.44. The van der Waals surface area contributed by atoms with E-state index in [0.717, 1.165) is 25.9 Å². The highest BCUT2D eigenvalue weighted by Gasteiger charge is 2.24. The van der Waals surface area contributed by atoms with Gasteiger partial charge < -0.3 is 11.1 Å². The Balaban J connectivity index is 3.95. The monoisotopic (exact) mass is 184 g/mol. The van der Waals surface area contributed by atoms with Crippen molar-refractivity contribution in [2.24, 2.45) is 11.7 Å². The van der Waals surface area contributed by atoms with Gasteiger partial charge in [-0.1, -0.05) is 13.0 Å². The van der Waals surface area contributed by atoms with Crippen LogP contribution in [0.15, 0.2) is 12.7 Å². The molecular weight excluding hydrogens is 160 g/mol. The molecule has 0 bridgehead atoms. The van der Waals surface area contributed by atoms with E-state index < -0.39 is 0 Å². The molecule has 2 nitrogen and oxygen atoms in total. The molecular formula is C11H24N2. The molecule has 0 rings (SSSR count). The molecule has 0 radical (unpaired) electrons. The van der Waals surface area contributed by atoms with Crippen LogP contribution in [0.4, 0.5) is 0 Å². The van der Waals surface area contributed by atoms with Gasteiger partial charge >= 0.3 is 0 Å². The molecule has 0 fully saturated rings. The Bertz CT molecular complexity index is 141. The van der Waals surface area contributed by atoms with Gasteiger partial charge in [-0.15, -0.1) is 6.58 Å². The van der Waals surface area contributed by atoms with E-state index in [2.05, 4.69) is 32.7 Å². The van der Waals surface area contributed by atoms with Gasteiger partial charge in [-0.2, -0.15) is 0 Å². The molecule has 0 amide bonds. The summed E-state index contributed by atoms with van der Waals surface area (Å²) in [7, 11) is 0. The SMILES string of the molecule is C=CC(CC)C(C)(C)NCCCN. The second-order valence-corrected chi connectivity index (χ2v) is 4.04. The van der Waals surface area contributed by atoms with E-state index in [1.165, 1.54) is 0 Å². The Morgan fingerprint density at radius 2 is 2.15 bits per heavy atom. The van der Waals surface area contributed by atoms with Crippen LogP contribution < -0.4 is 11.1 Å². The van der Waals surface area contributed by atoms with Crippen LogP contribution in [-0.4, -0.2) is 18.6 Å². The van der Waals surface area contributed by atoms with E-state index in [-0.39, 0.29) is 5.54 Å². The minimum absolute atomic E-state index is 0.145. The fourth-order valence-corrected chi connectivity index (χ4v) is 1.62. The lowest BCUT2D eigenvalue weighted by Gasteiger charge is -2.33. The number of hydrogen-bond acceptors (Lipinski definition) is 2. The van der Waals surface area contributed by atoms with Crippen LogP contribution in [0.5, 0.6) is 0 Å². The van der Waals surface area contributed by atoms with Crippen LogP contribution in [-0.2, 0) is 0 Å². The molecule has 0 spiro atoms. The van der Waals surface area contributed by atoms with Gasteiger partial charge in [-0.25, -0.2) is 0 Å². The lowest BCUT2D eigenvalue weighted by Crippen LogP contribution is -2.45. The molecule has 0 aliphatic carbocycles. The van der Waals surface area contributed by atoms with Crippen molar-refractivity contribution in [1.82, 2.24) is 5.32 Å². The van der Waals surface area contributed by atoms with Crippen molar-refractivity contribution >= 4 is 0 Å². The molecule has 0 heterocycles. The molecule has 0 aromatic carbocycles. The highest BCUT2D eigenvalue weighted by atomic mass is 15.0. The van der Waals surface area contributed by atoms with E-state index in [1.54, 1.807) is 0 Å². The van der Waals surface area contributed by atoms with Gasteiger partial charge in [0.05, 0.1) is 0 Å². The zero-order valence-corrected chi connectivity index (χ0v) is 9.27. The Hall–Kier alpha value is -0.340. The number of rotatable bonds is 7. The van der Waals surface area contributed by atoms with Gasteiger partial charge in [-0.3, -0.25) is 0 Å². The molecule has 13 heavy (non-hydrogen) atoms. The summed E-state index contributed by atoms with van der Waals surface area (Å²) >= 11 is 0. The molecule has 78 valence electrons. The van der Waals surface area contributed by atoms with E-state index in [0.29, 0.717) is 5.92 Å². The Labute approximate surface area is 82.6 Å². The Kier molecular flexibility index (Phi) is 6.00. The lowest BCUT2D eigenvalue weighted by atomic mass is 9.85. The van der Waals surface area contributed by atoms with Crippen molar-refractivity contribution < 1.29 is 0 Å². The number of nitrogens with one attached hydrogen (secondary N) is 1. The first-order valence-electron chi connectivity index (χ1n) is 5.16. The molecule has 0 aromatic heterocycles. The van der Waals surface area contributed by atoms with Crippen molar-refractivity contribution in [3.05, 3.63) is 12.7 Å². The van der Waals surface area contributed by atoms with Crippen LogP contribution in [0.3, 0.4) is 0 Å². The van der Waals surface area contributed by atoms with Gasteiger partial charge in [0, 0.05) is 5.54 Å². The smallest absolute Gasteiger partial charge is 0.0187 e. The van der Waals surface area contributed by atoms with E-state index >= 15 is 0 Å². The summed E-state index contributed by atoms with van der Waals surface area (Å²) < 4.78 is 0. The van der Waals surface area contributed by atoms with Crippen molar-refractivity contribution in [3.8, 4) is 0 Å². The second kappa shape index (κ2) is 6.17.